The molecule has 1 fully saturated rings. The summed E-state index contributed by atoms with van der Waals surface area (Å²) in [6, 6.07) is -0.0507. The molecule has 1 saturated heterocycles. The van der Waals surface area contributed by atoms with Crippen LogP contribution in [0.3, 0.4) is 0 Å². The molecule has 0 saturated carbocycles. The van der Waals surface area contributed by atoms with Crippen LogP contribution in [0, 0.1) is 17.5 Å². The van der Waals surface area contributed by atoms with Crippen LogP contribution in [0.5, 0.6) is 0 Å². The van der Waals surface area contributed by atoms with Gasteiger partial charge in [-0.2, -0.15) is 0 Å². The highest BCUT2D eigenvalue weighted by atomic mass is 32.2. The number of hydrogen-bond donors (Lipinski definition) is 2. The number of hydrazine groups is 1. The first-order valence-corrected chi connectivity index (χ1v) is 11.1. The second kappa shape index (κ2) is 12.6. The molecule has 4 N–H and O–H groups in total. The van der Waals surface area contributed by atoms with E-state index in [1.165, 1.54) is 6.92 Å². The quantitative estimate of drug-likeness (QED) is 0.115. The van der Waals surface area contributed by atoms with Gasteiger partial charge in [-0.3, -0.25) is 19.2 Å². The van der Waals surface area contributed by atoms with Crippen LogP contribution in [0.15, 0.2) is 18.3 Å². The number of hydrogen-bond acceptors (Lipinski definition) is 12. The summed E-state index contributed by atoms with van der Waals surface area (Å²) in [6.45, 7) is 3.03. The highest BCUT2D eigenvalue weighted by Crippen LogP contribution is 2.35. The molecule has 0 aliphatic carbocycles. The molecule has 0 spiro atoms. The van der Waals surface area contributed by atoms with Gasteiger partial charge in [0.25, 0.3) is 6.47 Å². The van der Waals surface area contributed by atoms with Crippen LogP contribution in [-0.4, -0.2) is 64.9 Å². The Morgan fingerprint density at radius 3 is 2.22 bits per heavy atom. The van der Waals surface area contributed by atoms with E-state index >= 15 is 0 Å². The van der Waals surface area contributed by atoms with Crippen molar-refractivity contribution in [1.29, 1.82) is 0 Å². The average molecular weight is 535 g/mol. The van der Waals surface area contributed by atoms with Crippen LogP contribution in [-0.2, 0) is 38.1 Å². The molecule has 1 aromatic rings. The Morgan fingerprint density at radius 2 is 1.72 bits per heavy atom. The minimum absolute atomic E-state index is 0.0523. The Hall–Kier alpha value is -3.30. The number of carbonyl (C=O) groups excluding carboxylic acids is 4. The first kappa shape index (κ1) is 28.9. The number of ether oxygens (including phenoxy) is 4. The highest BCUT2D eigenvalue weighted by molar-refractivity contribution is 8.14. The first-order valence-electron chi connectivity index (χ1n) is 10.2. The second-order valence-electron chi connectivity index (χ2n) is 7.50. The lowest BCUT2D eigenvalue weighted by atomic mass is 9.96. The number of esters is 2. The van der Waals surface area contributed by atoms with Crippen LogP contribution in [0.2, 0.25) is 0 Å². The van der Waals surface area contributed by atoms with Crippen molar-refractivity contribution in [2.75, 3.05) is 6.61 Å². The second-order valence-corrected chi connectivity index (χ2v) is 8.78. The Labute approximate surface area is 207 Å². The van der Waals surface area contributed by atoms with Gasteiger partial charge in [-0.15, -0.1) is 0 Å². The summed E-state index contributed by atoms with van der Waals surface area (Å²) in [4.78, 5) is 46.3. The van der Waals surface area contributed by atoms with Gasteiger partial charge in [0.2, 0.25) is 0 Å². The zero-order valence-electron chi connectivity index (χ0n) is 19.3. The Balaban J connectivity index is 2.56. The molecule has 5 atom stereocenters. The summed E-state index contributed by atoms with van der Waals surface area (Å²) in [5.74, 6) is -0.0432. The van der Waals surface area contributed by atoms with Gasteiger partial charge in [-0.05, 0) is 12.1 Å². The summed E-state index contributed by atoms with van der Waals surface area (Å²) in [7, 11) is 0. The molecule has 0 bridgehead atoms. The van der Waals surface area contributed by atoms with Gasteiger partial charge in [0.05, 0.1) is 5.70 Å². The van der Waals surface area contributed by atoms with Crippen LogP contribution in [0.25, 0.3) is 5.70 Å². The number of benzene rings is 1. The van der Waals surface area contributed by atoms with E-state index in [2.05, 4.69) is 0 Å². The lowest BCUT2D eigenvalue weighted by Crippen LogP contribution is -2.66. The van der Waals surface area contributed by atoms with E-state index in [-0.39, 0.29) is 17.7 Å². The minimum atomic E-state index is -1.70. The number of halogens is 3. The number of thioether (sulfide) groups is 1. The average Bonchev–Trinajstić information content (AvgIpc) is 2.77. The Bertz CT molecular complexity index is 1020. The van der Waals surface area contributed by atoms with E-state index in [1.54, 1.807) is 0 Å². The van der Waals surface area contributed by atoms with Crippen LogP contribution < -0.4 is 11.6 Å². The van der Waals surface area contributed by atoms with Crippen LogP contribution in [0.4, 0.5) is 13.2 Å². The predicted molar refractivity (Wildman–Crippen MR) is 118 cm³/mol. The van der Waals surface area contributed by atoms with Crippen molar-refractivity contribution < 1.29 is 51.3 Å². The van der Waals surface area contributed by atoms with Gasteiger partial charge in [0.15, 0.2) is 34.8 Å². The van der Waals surface area contributed by atoms with Gasteiger partial charge in [-0.25, -0.2) is 19.0 Å². The molecule has 11 nitrogen and oxygen atoms in total. The van der Waals surface area contributed by atoms with Crippen LogP contribution in [0.1, 0.15) is 26.3 Å². The first-order chi connectivity index (χ1) is 16.8. The number of carbonyl (C=O) groups is 4. The molecule has 1 aliphatic rings. The maximum Gasteiger partial charge on any atom is 0.303 e. The molecule has 0 aromatic heterocycles. The number of nitrogens with two attached hydrogens (primary N) is 2. The summed E-state index contributed by atoms with van der Waals surface area (Å²) in [6.07, 6.45) is -2.93. The molecule has 36 heavy (non-hydrogen) atoms. The minimum Gasteiger partial charge on any atom is -0.463 e. The zero-order chi connectivity index (χ0) is 27.2. The third-order valence-electron chi connectivity index (χ3n) is 4.81. The van der Waals surface area contributed by atoms with Crippen molar-refractivity contribution in [1.82, 2.24) is 5.01 Å². The van der Waals surface area contributed by atoms with E-state index in [9.17, 15) is 32.3 Å². The smallest absolute Gasteiger partial charge is 0.303 e. The van der Waals surface area contributed by atoms with E-state index in [1.807, 2.05) is 0 Å². The molecule has 15 heteroatoms. The fourth-order valence-electron chi connectivity index (χ4n) is 3.42. The van der Waals surface area contributed by atoms with Gasteiger partial charge in [0, 0.05) is 32.5 Å². The fraction of sp³-hybridized carbons (Fsp3) is 0.429. The third-order valence-corrected chi connectivity index (χ3v) is 5.76. The molecule has 1 aromatic carbocycles. The third kappa shape index (κ3) is 7.35. The normalized spacial score (nSPS) is 24.0. The molecule has 198 valence electrons. The predicted octanol–water partition coefficient (Wildman–Crippen LogP) is 0.946. The molecule has 5 unspecified atom stereocenters. The summed E-state index contributed by atoms with van der Waals surface area (Å²) in [5, 5.41) is 0.389. The van der Waals surface area contributed by atoms with Crippen molar-refractivity contribution in [3.8, 4) is 0 Å². The lowest BCUT2D eigenvalue weighted by Gasteiger charge is -2.46. The summed E-state index contributed by atoms with van der Waals surface area (Å²) >= 11 is 0.628. The highest BCUT2D eigenvalue weighted by Gasteiger charge is 2.52. The van der Waals surface area contributed by atoms with Gasteiger partial charge in [-0.1, -0.05) is 11.8 Å². The molecule has 1 heterocycles. The van der Waals surface area contributed by atoms with Gasteiger partial charge >= 0.3 is 11.9 Å². The van der Waals surface area contributed by atoms with E-state index < -0.39 is 70.9 Å². The fourth-order valence-corrected chi connectivity index (χ4v) is 4.30. The standard InChI is InChI=1S/C21H24F3N3O8S/c1-9(29)32-7-16-19(33-8-28)18(20(34-10(2)30)21(35-16)36-11(3)31)27(26)6-15(25)12-4-13(22)17(24)14(23)5-12/h4-6,8,16,18-21H,7,25-26H2,1-3H3/b15-6-. The summed E-state index contributed by atoms with van der Waals surface area (Å²) in [5.41, 5.74) is 4.08. The van der Waals surface area contributed by atoms with Crippen LogP contribution >= 0.6 is 11.8 Å². The molecule has 1 aliphatic heterocycles. The molecule has 0 radical (unpaired) electrons. The molecule has 0 amide bonds. The van der Waals surface area contributed by atoms with Gasteiger partial charge < -0.3 is 29.7 Å². The Morgan fingerprint density at radius 1 is 1.11 bits per heavy atom. The Kier molecular flexibility index (Phi) is 10.1. The van der Waals surface area contributed by atoms with Crippen molar-refractivity contribution in [3.63, 3.8) is 0 Å². The van der Waals surface area contributed by atoms with Crippen molar-refractivity contribution in [2.24, 2.45) is 11.6 Å². The molecular weight excluding hydrogens is 511 g/mol. The number of nitrogens with zero attached hydrogens (tertiary/aromatic N) is 1. The zero-order valence-corrected chi connectivity index (χ0v) is 20.1. The topological polar surface area (TPSA) is 160 Å². The lowest BCUT2D eigenvalue weighted by molar-refractivity contribution is -0.211. The maximum absolute atomic E-state index is 13.7. The SMILES string of the molecule is CC(=O)OCC1OC(SC(C)=O)C(OC(C)=O)C(N(N)/C=C(\N)c2cc(F)c(F)c(F)c2)C1OC=O. The number of rotatable bonds is 9. The monoisotopic (exact) mass is 535 g/mol. The van der Waals surface area contributed by atoms with E-state index in [0.29, 0.717) is 23.9 Å². The van der Waals surface area contributed by atoms with Crippen molar-refractivity contribution in [3.05, 3.63) is 41.3 Å². The maximum atomic E-state index is 13.7. The van der Waals surface area contributed by atoms with Gasteiger partial charge in [0.1, 0.15) is 24.2 Å². The largest absolute Gasteiger partial charge is 0.463 e. The van der Waals surface area contributed by atoms with E-state index in [4.69, 9.17) is 30.5 Å². The summed E-state index contributed by atoms with van der Waals surface area (Å²) < 4.78 is 61.9. The van der Waals surface area contributed by atoms with Crippen molar-refractivity contribution in [2.45, 2.75) is 50.6 Å². The molecule has 2 rings (SSSR count). The van der Waals surface area contributed by atoms with E-state index in [0.717, 1.165) is 25.1 Å². The van der Waals surface area contributed by atoms with Crippen molar-refractivity contribution >= 4 is 41.0 Å². The molecular formula is C21H24F3N3O8S.